The molecule has 2 aromatic rings. The van der Waals surface area contributed by atoms with E-state index in [0.29, 0.717) is 6.10 Å². The Kier molecular flexibility index (Phi) is 6.62. The Hall–Kier alpha value is -2.07. The van der Waals surface area contributed by atoms with E-state index in [-0.39, 0.29) is 5.92 Å². The minimum absolute atomic E-state index is 0.173. The first-order valence-corrected chi connectivity index (χ1v) is 11.6. The molecule has 4 heteroatoms. The molecule has 1 saturated carbocycles. The Morgan fingerprint density at radius 3 is 2.47 bits per heavy atom. The van der Waals surface area contributed by atoms with E-state index < -0.39 is 5.97 Å². The largest absolute Gasteiger partial charge is 0.490 e. The van der Waals surface area contributed by atoms with Crippen molar-refractivity contribution in [2.45, 2.75) is 65.0 Å². The summed E-state index contributed by atoms with van der Waals surface area (Å²) >= 11 is 0. The summed E-state index contributed by atoms with van der Waals surface area (Å²) in [7, 11) is 0. The number of hydrogen-bond donors (Lipinski definition) is 1. The lowest BCUT2D eigenvalue weighted by Gasteiger charge is -2.31. The monoisotopic (exact) mass is 409 g/mol. The van der Waals surface area contributed by atoms with Gasteiger partial charge in [-0.3, -0.25) is 9.69 Å². The van der Waals surface area contributed by atoms with Gasteiger partial charge in [0.2, 0.25) is 0 Å². The predicted octanol–water partition coefficient (Wildman–Crippen LogP) is 5.73. The molecule has 0 amide bonds. The molecule has 4 nitrogen and oxygen atoms in total. The predicted molar refractivity (Wildman–Crippen MR) is 121 cm³/mol. The van der Waals surface area contributed by atoms with Gasteiger partial charge in [0.25, 0.3) is 0 Å². The Morgan fingerprint density at radius 2 is 1.80 bits per heavy atom. The molecule has 30 heavy (non-hydrogen) atoms. The Bertz CT molecular complexity index is 862. The quantitative estimate of drug-likeness (QED) is 0.662. The molecule has 2 fully saturated rings. The number of hydrogen-bond acceptors (Lipinski definition) is 3. The minimum atomic E-state index is -0.648. The summed E-state index contributed by atoms with van der Waals surface area (Å²) in [6.07, 6.45) is 6.69. The minimum Gasteiger partial charge on any atom is -0.490 e. The fourth-order valence-electron chi connectivity index (χ4n) is 5.15. The van der Waals surface area contributed by atoms with E-state index in [1.807, 2.05) is 0 Å². The molecule has 1 saturated heterocycles. The van der Waals surface area contributed by atoms with Gasteiger partial charge in [0, 0.05) is 11.9 Å². The summed E-state index contributed by atoms with van der Waals surface area (Å²) in [6, 6.07) is 13.0. The third kappa shape index (κ3) is 4.97. The second-order valence-electron chi connectivity index (χ2n) is 9.60. The molecule has 4 rings (SSSR count). The van der Waals surface area contributed by atoms with Crippen molar-refractivity contribution in [1.82, 2.24) is 4.90 Å². The highest BCUT2D eigenvalue weighted by Crippen LogP contribution is 2.34. The fourth-order valence-corrected chi connectivity index (χ4v) is 5.15. The van der Waals surface area contributed by atoms with Crippen molar-refractivity contribution >= 4 is 16.7 Å². The molecule has 1 N–H and O–H groups in total. The van der Waals surface area contributed by atoms with E-state index in [2.05, 4.69) is 55.1 Å². The number of carbonyl (C=O) groups is 1. The van der Waals surface area contributed by atoms with Crippen molar-refractivity contribution in [1.29, 1.82) is 0 Å². The maximum Gasteiger partial charge on any atom is 0.306 e. The first-order chi connectivity index (χ1) is 14.5. The van der Waals surface area contributed by atoms with Crippen molar-refractivity contribution in [2.75, 3.05) is 13.1 Å². The van der Waals surface area contributed by atoms with Crippen LogP contribution in [-0.2, 0) is 11.3 Å². The van der Waals surface area contributed by atoms with Crippen LogP contribution < -0.4 is 4.74 Å². The molecule has 2 aliphatic rings. The summed E-state index contributed by atoms with van der Waals surface area (Å²) < 4.78 is 6.45. The van der Waals surface area contributed by atoms with Crippen LogP contribution in [0.15, 0.2) is 36.4 Å². The molecule has 2 aromatic carbocycles. The lowest BCUT2D eigenvalue weighted by molar-refractivity contribution is -0.143. The number of carboxylic acids is 1. The normalized spacial score (nSPS) is 23.7. The standard InChI is InChI=1S/C26H35NO3/c1-18(2)20-7-9-23(10-8-20)30-25-5-3-4-22-16-19(6-11-24(22)25)17-27-14-12-21(13-15-27)26(28)29/h3-6,11,16,18,20-21,23H,7-10,12-15,17H2,1-2H3,(H,28,29)/t20-,23+. The van der Waals surface area contributed by atoms with Gasteiger partial charge in [0.05, 0.1) is 12.0 Å². The van der Waals surface area contributed by atoms with Crippen LogP contribution in [0.5, 0.6) is 5.75 Å². The average molecular weight is 410 g/mol. The van der Waals surface area contributed by atoms with E-state index in [1.54, 1.807) is 0 Å². The molecule has 0 bridgehead atoms. The van der Waals surface area contributed by atoms with Gasteiger partial charge in [-0.1, -0.05) is 38.1 Å². The van der Waals surface area contributed by atoms with Gasteiger partial charge in [-0.2, -0.15) is 0 Å². The number of likely N-dealkylation sites (tertiary alicyclic amines) is 1. The van der Waals surface area contributed by atoms with Crippen LogP contribution in [0.2, 0.25) is 0 Å². The van der Waals surface area contributed by atoms with Gasteiger partial charge in [-0.25, -0.2) is 0 Å². The van der Waals surface area contributed by atoms with Gasteiger partial charge in [0.15, 0.2) is 0 Å². The summed E-state index contributed by atoms with van der Waals surface area (Å²) in [4.78, 5) is 13.5. The molecule has 0 atom stereocenters. The van der Waals surface area contributed by atoms with Crippen LogP contribution >= 0.6 is 0 Å². The van der Waals surface area contributed by atoms with Crippen LogP contribution in [0.4, 0.5) is 0 Å². The summed E-state index contributed by atoms with van der Waals surface area (Å²) in [6.45, 7) is 7.27. The fraction of sp³-hybridized carbons (Fsp3) is 0.577. The summed E-state index contributed by atoms with van der Waals surface area (Å²) in [5.41, 5.74) is 1.28. The van der Waals surface area contributed by atoms with E-state index in [4.69, 9.17) is 4.74 Å². The molecule has 0 spiro atoms. The van der Waals surface area contributed by atoms with Crippen LogP contribution in [0.1, 0.15) is 57.9 Å². The van der Waals surface area contributed by atoms with E-state index in [0.717, 1.165) is 62.9 Å². The molecule has 0 radical (unpaired) electrons. The number of carboxylic acid groups (broad SMARTS) is 1. The zero-order chi connectivity index (χ0) is 21.1. The molecule has 162 valence electrons. The Balaban J connectivity index is 1.39. The highest BCUT2D eigenvalue weighted by Gasteiger charge is 2.25. The molecule has 1 aliphatic carbocycles. The second kappa shape index (κ2) is 9.38. The number of piperidine rings is 1. The lowest BCUT2D eigenvalue weighted by atomic mass is 9.80. The number of benzene rings is 2. The SMILES string of the molecule is CC(C)[C@H]1CC[C@@H](Oc2cccc3cc(CN4CCC(C(=O)O)CC4)ccc23)CC1. The van der Waals surface area contributed by atoms with Crippen LogP contribution in [0.3, 0.4) is 0 Å². The van der Waals surface area contributed by atoms with Gasteiger partial charge >= 0.3 is 5.97 Å². The third-order valence-electron chi connectivity index (χ3n) is 7.20. The van der Waals surface area contributed by atoms with Gasteiger partial charge in [-0.05, 0) is 86.5 Å². The third-order valence-corrected chi connectivity index (χ3v) is 7.20. The van der Waals surface area contributed by atoms with Crippen molar-refractivity contribution in [3.8, 4) is 5.75 Å². The Morgan fingerprint density at radius 1 is 1.07 bits per heavy atom. The number of rotatable bonds is 6. The smallest absolute Gasteiger partial charge is 0.306 e. The summed E-state index contributed by atoms with van der Waals surface area (Å²) in [5.74, 6) is 1.81. The van der Waals surface area contributed by atoms with Gasteiger partial charge in [-0.15, -0.1) is 0 Å². The van der Waals surface area contributed by atoms with E-state index in [9.17, 15) is 9.90 Å². The lowest BCUT2D eigenvalue weighted by Crippen LogP contribution is -2.35. The Labute approximate surface area is 180 Å². The van der Waals surface area contributed by atoms with E-state index >= 15 is 0 Å². The van der Waals surface area contributed by atoms with Gasteiger partial charge < -0.3 is 9.84 Å². The van der Waals surface area contributed by atoms with Crippen molar-refractivity contribution in [2.24, 2.45) is 17.8 Å². The average Bonchev–Trinajstić information content (AvgIpc) is 2.74. The second-order valence-corrected chi connectivity index (χ2v) is 9.60. The highest BCUT2D eigenvalue weighted by molar-refractivity contribution is 5.88. The van der Waals surface area contributed by atoms with Crippen LogP contribution in [-0.4, -0.2) is 35.2 Å². The number of nitrogens with zero attached hydrogens (tertiary/aromatic N) is 1. The van der Waals surface area contributed by atoms with Crippen molar-refractivity contribution < 1.29 is 14.6 Å². The highest BCUT2D eigenvalue weighted by atomic mass is 16.5. The molecular weight excluding hydrogens is 374 g/mol. The molecular formula is C26H35NO3. The topological polar surface area (TPSA) is 49.8 Å². The molecule has 1 heterocycles. The number of ether oxygens (including phenoxy) is 1. The maximum absolute atomic E-state index is 11.2. The number of aliphatic carboxylic acids is 1. The van der Waals surface area contributed by atoms with Crippen LogP contribution in [0, 0.1) is 17.8 Å². The van der Waals surface area contributed by atoms with Crippen molar-refractivity contribution in [3.05, 3.63) is 42.0 Å². The number of fused-ring (bicyclic) bond motifs is 1. The molecule has 0 aromatic heterocycles. The summed E-state index contributed by atoms with van der Waals surface area (Å²) in [5, 5.41) is 11.6. The van der Waals surface area contributed by atoms with E-state index in [1.165, 1.54) is 29.2 Å². The first-order valence-electron chi connectivity index (χ1n) is 11.6. The zero-order valence-corrected chi connectivity index (χ0v) is 18.3. The molecule has 1 aliphatic heterocycles. The maximum atomic E-state index is 11.2. The van der Waals surface area contributed by atoms with Gasteiger partial charge in [0.1, 0.15) is 5.75 Å². The van der Waals surface area contributed by atoms with Crippen molar-refractivity contribution in [3.63, 3.8) is 0 Å². The zero-order valence-electron chi connectivity index (χ0n) is 18.3. The first kappa shape index (κ1) is 21.2. The van der Waals surface area contributed by atoms with Crippen LogP contribution in [0.25, 0.3) is 10.8 Å². The molecule has 0 unspecified atom stereocenters.